The summed E-state index contributed by atoms with van der Waals surface area (Å²) in [5, 5.41) is 2.91. The maximum absolute atomic E-state index is 12.8. The van der Waals surface area contributed by atoms with Crippen molar-refractivity contribution in [3.63, 3.8) is 0 Å². The third-order valence-electron chi connectivity index (χ3n) is 3.76. The Kier molecular flexibility index (Phi) is 4.57. The first kappa shape index (κ1) is 15.1. The maximum atomic E-state index is 12.8. The molecule has 23 heavy (non-hydrogen) atoms. The lowest BCUT2D eigenvalue weighted by molar-refractivity contribution is -0.149. The summed E-state index contributed by atoms with van der Waals surface area (Å²) in [6, 6.07) is 19.3. The van der Waals surface area contributed by atoms with Gasteiger partial charge in [-0.05, 0) is 11.1 Å². The lowest BCUT2D eigenvalue weighted by Crippen LogP contribution is -2.45. The van der Waals surface area contributed by atoms with Crippen LogP contribution in [0.5, 0.6) is 0 Å². The fourth-order valence-electron chi connectivity index (χ4n) is 2.61. The van der Waals surface area contributed by atoms with Crippen molar-refractivity contribution in [2.24, 2.45) is 10.7 Å². The van der Waals surface area contributed by atoms with Crippen molar-refractivity contribution in [1.29, 1.82) is 0 Å². The molecule has 5 nitrogen and oxygen atoms in total. The van der Waals surface area contributed by atoms with Gasteiger partial charge < -0.3 is 15.8 Å². The van der Waals surface area contributed by atoms with Crippen LogP contribution in [-0.2, 0) is 9.53 Å². The minimum atomic E-state index is -0.444. The number of nitrogens with one attached hydrogen (secondary N) is 1. The number of carbonyl (C=O) groups excluding carboxylic acids is 1. The monoisotopic (exact) mass is 309 g/mol. The minimum absolute atomic E-state index is 0.273. The summed E-state index contributed by atoms with van der Waals surface area (Å²) in [7, 11) is 0. The zero-order valence-electron chi connectivity index (χ0n) is 12.7. The van der Waals surface area contributed by atoms with Crippen molar-refractivity contribution in [1.82, 2.24) is 5.32 Å². The first-order valence-corrected chi connectivity index (χ1v) is 7.58. The molecule has 0 fully saturated rings. The molecule has 1 aliphatic heterocycles. The Bertz CT molecular complexity index is 646. The van der Waals surface area contributed by atoms with Crippen molar-refractivity contribution in [3.05, 3.63) is 71.8 Å². The number of ether oxygens (including phenoxy) is 1. The molecule has 1 unspecified atom stereocenters. The van der Waals surface area contributed by atoms with Gasteiger partial charge in [0.15, 0.2) is 5.96 Å². The summed E-state index contributed by atoms with van der Waals surface area (Å²) in [4.78, 5) is 16.8. The number of esters is 1. The Balaban J connectivity index is 1.82. The molecule has 0 radical (unpaired) electrons. The highest BCUT2D eigenvalue weighted by molar-refractivity contribution is 5.83. The Morgan fingerprint density at radius 2 is 1.65 bits per heavy atom. The van der Waals surface area contributed by atoms with Gasteiger partial charge >= 0.3 is 5.97 Å². The first-order chi connectivity index (χ1) is 11.2. The summed E-state index contributed by atoms with van der Waals surface area (Å²) < 4.78 is 5.65. The Hall–Kier alpha value is -2.82. The van der Waals surface area contributed by atoms with Crippen LogP contribution < -0.4 is 11.1 Å². The average molecular weight is 309 g/mol. The number of nitrogens with zero attached hydrogens (tertiary/aromatic N) is 1. The average Bonchev–Trinajstić information content (AvgIpc) is 2.59. The third-order valence-corrected chi connectivity index (χ3v) is 3.76. The SMILES string of the molecule is NC1=NCC(OC(=O)C(c2ccccc2)c2ccccc2)CN1. The summed E-state index contributed by atoms with van der Waals surface area (Å²) in [5.74, 6) is -0.328. The second-order valence-corrected chi connectivity index (χ2v) is 5.42. The highest BCUT2D eigenvalue weighted by atomic mass is 16.5. The summed E-state index contributed by atoms with van der Waals surface area (Å²) in [6.07, 6.45) is -0.301. The second kappa shape index (κ2) is 6.96. The maximum Gasteiger partial charge on any atom is 0.318 e. The number of aliphatic imine (C=N–C) groups is 1. The first-order valence-electron chi connectivity index (χ1n) is 7.58. The number of nitrogens with two attached hydrogens (primary N) is 1. The number of carbonyl (C=O) groups is 1. The minimum Gasteiger partial charge on any atom is -0.458 e. The molecular weight excluding hydrogens is 290 g/mol. The molecule has 0 saturated carbocycles. The quantitative estimate of drug-likeness (QED) is 0.842. The van der Waals surface area contributed by atoms with E-state index in [1.165, 1.54) is 0 Å². The number of guanidine groups is 1. The van der Waals surface area contributed by atoms with Gasteiger partial charge in [-0.1, -0.05) is 60.7 Å². The van der Waals surface area contributed by atoms with E-state index in [1.54, 1.807) is 0 Å². The molecule has 1 aliphatic rings. The van der Waals surface area contributed by atoms with Crippen molar-refractivity contribution < 1.29 is 9.53 Å². The van der Waals surface area contributed by atoms with Crippen LogP contribution in [-0.4, -0.2) is 31.1 Å². The predicted octanol–water partition coefficient (Wildman–Crippen LogP) is 1.65. The molecule has 2 aromatic rings. The van der Waals surface area contributed by atoms with Crippen LogP contribution >= 0.6 is 0 Å². The standard InChI is InChI=1S/C18H19N3O2/c19-18-20-11-15(12-21-18)23-17(22)16(13-7-3-1-4-8-13)14-9-5-2-6-10-14/h1-10,15-16H,11-12H2,(H3,19,20,21). The number of hydrogen-bond donors (Lipinski definition) is 2. The van der Waals surface area contributed by atoms with E-state index < -0.39 is 5.92 Å². The molecule has 1 heterocycles. The molecule has 0 aliphatic carbocycles. The van der Waals surface area contributed by atoms with E-state index in [-0.39, 0.29) is 12.1 Å². The van der Waals surface area contributed by atoms with Gasteiger partial charge in [0.1, 0.15) is 12.0 Å². The molecule has 118 valence electrons. The molecular formula is C18H19N3O2. The number of rotatable bonds is 4. The van der Waals surface area contributed by atoms with Gasteiger partial charge in [-0.3, -0.25) is 4.79 Å². The van der Waals surface area contributed by atoms with E-state index in [2.05, 4.69) is 10.3 Å². The fourth-order valence-corrected chi connectivity index (χ4v) is 2.61. The van der Waals surface area contributed by atoms with Crippen LogP contribution in [0.2, 0.25) is 0 Å². The Morgan fingerprint density at radius 1 is 1.09 bits per heavy atom. The lowest BCUT2D eigenvalue weighted by atomic mass is 9.91. The van der Waals surface area contributed by atoms with Gasteiger partial charge in [-0.25, -0.2) is 4.99 Å². The van der Waals surface area contributed by atoms with Crippen LogP contribution in [0.15, 0.2) is 65.7 Å². The molecule has 0 saturated heterocycles. The van der Waals surface area contributed by atoms with Crippen molar-refractivity contribution >= 4 is 11.9 Å². The van der Waals surface area contributed by atoms with Crippen molar-refractivity contribution in [2.75, 3.05) is 13.1 Å². The molecule has 0 aromatic heterocycles. The second-order valence-electron chi connectivity index (χ2n) is 5.42. The van der Waals surface area contributed by atoms with Crippen LogP contribution in [0, 0.1) is 0 Å². The lowest BCUT2D eigenvalue weighted by Gasteiger charge is -2.24. The van der Waals surface area contributed by atoms with Crippen molar-refractivity contribution in [3.8, 4) is 0 Å². The smallest absolute Gasteiger partial charge is 0.318 e. The molecule has 3 rings (SSSR count). The van der Waals surface area contributed by atoms with Gasteiger partial charge in [-0.2, -0.15) is 0 Å². The van der Waals surface area contributed by atoms with Gasteiger partial charge in [0, 0.05) is 0 Å². The van der Waals surface area contributed by atoms with E-state index in [9.17, 15) is 4.79 Å². The molecule has 0 bridgehead atoms. The third kappa shape index (κ3) is 3.69. The number of benzene rings is 2. The largest absolute Gasteiger partial charge is 0.458 e. The highest BCUT2D eigenvalue weighted by Gasteiger charge is 2.27. The molecule has 5 heteroatoms. The van der Waals surface area contributed by atoms with Crippen LogP contribution in [0.1, 0.15) is 17.0 Å². The van der Waals surface area contributed by atoms with E-state index in [0.29, 0.717) is 19.0 Å². The van der Waals surface area contributed by atoms with Crippen molar-refractivity contribution in [2.45, 2.75) is 12.0 Å². The Morgan fingerprint density at radius 3 is 2.13 bits per heavy atom. The summed E-state index contributed by atoms with van der Waals surface area (Å²) >= 11 is 0. The fraction of sp³-hybridized carbons (Fsp3) is 0.222. The summed E-state index contributed by atoms with van der Waals surface area (Å²) in [6.45, 7) is 0.873. The van der Waals surface area contributed by atoms with Crippen LogP contribution in [0.3, 0.4) is 0 Å². The highest BCUT2D eigenvalue weighted by Crippen LogP contribution is 2.26. The van der Waals surface area contributed by atoms with E-state index in [4.69, 9.17) is 10.5 Å². The predicted molar refractivity (Wildman–Crippen MR) is 89.1 cm³/mol. The van der Waals surface area contributed by atoms with Crippen LogP contribution in [0.4, 0.5) is 0 Å². The zero-order valence-corrected chi connectivity index (χ0v) is 12.7. The molecule has 1 atom stereocenters. The van der Waals surface area contributed by atoms with Gasteiger partial charge in [0.05, 0.1) is 13.1 Å². The molecule has 3 N–H and O–H groups in total. The summed E-state index contributed by atoms with van der Waals surface area (Å²) in [5.41, 5.74) is 7.39. The van der Waals surface area contributed by atoms with E-state index in [1.807, 2.05) is 60.7 Å². The van der Waals surface area contributed by atoms with Crippen LogP contribution in [0.25, 0.3) is 0 Å². The normalized spacial score (nSPS) is 17.3. The molecule has 0 amide bonds. The topological polar surface area (TPSA) is 76.7 Å². The molecule has 0 spiro atoms. The Labute approximate surface area is 135 Å². The van der Waals surface area contributed by atoms with Gasteiger partial charge in [-0.15, -0.1) is 0 Å². The van der Waals surface area contributed by atoms with E-state index >= 15 is 0 Å². The van der Waals surface area contributed by atoms with E-state index in [0.717, 1.165) is 11.1 Å². The number of hydrogen-bond acceptors (Lipinski definition) is 5. The van der Waals surface area contributed by atoms with Gasteiger partial charge in [0.25, 0.3) is 0 Å². The molecule has 2 aromatic carbocycles. The van der Waals surface area contributed by atoms with Gasteiger partial charge in [0.2, 0.25) is 0 Å². The zero-order chi connectivity index (χ0) is 16.1.